The first-order valence-corrected chi connectivity index (χ1v) is 22.1. The number of nitrogens with one attached hydrogen (secondary N) is 3. The molecule has 1 unspecified atom stereocenters. The Balaban J connectivity index is 1.21. The second kappa shape index (κ2) is 17.5. The van der Waals surface area contributed by atoms with Crippen molar-refractivity contribution in [3.05, 3.63) is 28.6 Å². The number of esters is 1. The molecule has 3 aliphatic carbocycles. The molecule has 4 fully saturated rings. The van der Waals surface area contributed by atoms with Gasteiger partial charge in [0.15, 0.2) is 5.13 Å². The Morgan fingerprint density at radius 1 is 1.00 bits per heavy atom. The Morgan fingerprint density at radius 3 is 2.40 bits per heavy atom. The highest BCUT2D eigenvalue weighted by molar-refractivity contribution is 7.14. The molecule has 7 rings (SSSR count). The molecular formula is C43H57ClN6O9S. The molecular weight excluding hydrogens is 812 g/mol. The lowest BCUT2D eigenvalue weighted by atomic mass is 9.85. The quantitative estimate of drug-likeness (QED) is 0.104. The summed E-state index contributed by atoms with van der Waals surface area (Å²) in [5.74, 6) is 0.431. The van der Waals surface area contributed by atoms with Gasteiger partial charge < -0.3 is 44.5 Å². The van der Waals surface area contributed by atoms with Crippen LogP contribution in [0, 0.1) is 23.2 Å². The maximum atomic E-state index is 14.8. The maximum Gasteiger partial charge on any atom is 0.408 e. The number of nitrogens with zero attached hydrogens (tertiary/aromatic N) is 3. The van der Waals surface area contributed by atoms with Gasteiger partial charge in [0, 0.05) is 36.4 Å². The minimum atomic E-state index is -1.19. The molecule has 0 radical (unpaired) electrons. The second-order valence-corrected chi connectivity index (χ2v) is 19.1. The van der Waals surface area contributed by atoms with Crippen molar-refractivity contribution >= 4 is 62.8 Å². The molecule has 8 atom stereocenters. The van der Waals surface area contributed by atoms with Crippen molar-refractivity contribution in [3.8, 4) is 22.9 Å². The molecule has 17 heteroatoms. The standard InChI is InChI=1S/C43H57ClN6O9S/c1-9-25-19-43(25,39(53)56-8)49-37(51)31-17-27(20-50(31)38(52)36(42(4,5)6)48-41(54)59-26-15-23-14-24(23)16-26)58-33-18-29(30-21-60-40(47-30)45-22(2)3)46-35-28(33)10-11-32(34(35)44)57-13-12-55-7/h10-11,18,21-27,31,36H,9,12-17,19-20H2,1-8H3,(H,45,47)(H,48,54)(H,49,51)/t23-,24+,25-,26+,27-,31+,36-,43?/m1/s1. The fourth-order valence-corrected chi connectivity index (χ4v) is 9.79. The van der Waals surface area contributed by atoms with Gasteiger partial charge >= 0.3 is 12.1 Å². The lowest BCUT2D eigenvalue weighted by molar-refractivity contribution is -0.148. The van der Waals surface area contributed by atoms with Gasteiger partial charge in [-0.05, 0) is 74.8 Å². The summed E-state index contributed by atoms with van der Waals surface area (Å²) in [6, 6.07) is 3.40. The summed E-state index contributed by atoms with van der Waals surface area (Å²) in [5.41, 5.74) is -0.441. The van der Waals surface area contributed by atoms with Crippen molar-refractivity contribution in [1.82, 2.24) is 25.5 Å². The van der Waals surface area contributed by atoms with Gasteiger partial charge in [-0.2, -0.15) is 0 Å². The molecule has 4 aliphatic rings. The van der Waals surface area contributed by atoms with Crippen LogP contribution in [0.15, 0.2) is 23.6 Å². The minimum absolute atomic E-state index is 0.00110. The molecule has 1 aliphatic heterocycles. The fraction of sp³-hybridized carbons (Fsp3) is 0.628. The van der Waals surface area contributed by atoms with E-state index < -0.39 is 53.0 Å². The van der Waals surface area contributed by atoms with Gasteiger partial charge in [-0.1, -0.05) is 45.7 Å². The van der Waals surface area contributed by atoms with E-state index in [0.717, 1.165) is 18.0 Å². The molecule has 1 saturated heterocycles. The summed E-state index contributed by atoms with van der Waals surface area (Å²) in [6.07, 6.45) is 2.45. The minimum Gasteiger partial charge on any atom is -0.490 e. The average molecular weight is 869 g/mol. The van der Waals surface area contributed by atoms with E-state index in [9.17, 15) is 19.2 Å². The third-order valence-electron chi connectivity index (χ3n) is 12.1. The zero-order valence-corrected chi connectivity index (χ0v) is 37.2. The van der Waals surface area contributed by atoms with Crippen molar-refractivity contribution in [3.63, 3.8) is 0 Å². The molecule has 3 aromatic rings. The number of anilines is 1. The molecule has 1 aromatic carbocycles. The van der Waals surface area contributed by atoms with E-state index in [0.29, 0.717) is 65.1 Å². The number of pyridine rings is 1. The van der Waals surface area contributed by atoms with Crippen LogP contribution < -0.4 is 25.4 Å². The number of ether oxygens (including phenoxy) is 5. The summed E-state index contributed by atoms with van der Waals surface area (Å²) in [6.45, 7) is 12.2. The van der Waals surface area contributed by atoms with Gasteiger partial charge in [0.2, 0.25) is 11.8 Å². The van der Waals surface area contributed by atoms with Gasteiger partial charge in [0.05, 0.1) is 31.5 Å². The number of likely N-dealkylation sites (tertiary alicyclic amines) is 1. The Labute approximate surface area is 359 Å². The van der Waals surface area contributed by atoms with Crippen LogP contribution in [0.3, 0.4) is 0 Å². The van der Waals surface area contributed by atoms with E-state index >= 15 is 0 Å². The van der Waals surface area contributed by atoms with Gasteiger partial charge in [0.25, 0.3) is 0 Å². The second-order valence-electron chi connectivity index (χ2n) is 17.9. The number of carbonyl (C=O) groups is 4. The van der Waals surface area contributed by atoms with Crippen LogP contribution in [0.25, 0.3) is 22.3 Å². The first kappa shape index (κ1) is 43.7. The number of hydrogen-bond acceptors (Lipinski definition) is 13. The van der Waals surface area contributed by atoms with Crippen LogP contribution in [0.4, 0.5) is 9.93 Å². The van der Waals surface area contributed by atoms with Crippen LogP contribution in [0.2, 0.25) is 5.02 Å². The van der Waals surface area contributed by atoms with Gasteiger partial charge in [-0.25, -0.2) is 19.6 Å². The van der Waals surface area contributed by atoms with E-state index in [2.05, 4.69) is 16.0 Å². The molecule has 3 heterocycles. The van der Waals surface area contributed by atoms with Crippen molar-refractivity contribution in [1.29, 1.82) is 0 Å². The van der Waals surface area contributed by atoms with Crippen LogP contribution in [-0.4, -0.2) is 109 Å². The third kappa shape index (κ3) is 9.25. The first-order chi connectivity index (χ1) is 28.5. The highest BCUT2D eigenvalue weighted by atomic mass is 35.5. The lowest BCUT2D eigenvalue weighted by Crippen LogP contribution is -2.59. The number of fused-ring (bicyclic) bond motifs is 2. The van der Waals surface area contributed by atoms with E-state index in [1.54, 1.807) is 25.3 Å². The number of benzene rings is 1. The molecule has 326 valence electrons. The molecule has 15 nitrogen and oxygen atoms in total. The van der Waals surface area contributed by atoms with E-state index in [1.807, 2.05) is 46.9 Å². The van der Waals surface area contributed by atoms with E-state index in [4.69, 9.17) is 45.3 Å². The van der Waals surface area contributed by atoms with Gasteiger partial charge in [0.1, 0.15) is 58.7 Å². The largest absolute Gasteiger partial charge is 0.490 e. The Hall–Kier alpha value is -4.41. The Kier molecular flexibility index (Phi) is 12.8. The van der Waals surface area contributed by atoms with E-state index in [-0.39, 0.29) is 42.7 Å². The SMILES string of the molecule is CC[C@@H]1CC1(NC(=O)[C@@H]1C[C@@H](Oc2cc(-c3csc(NC(C)C)n3)nc3c(Cl)c(OCCOC)ccc23)CN1C(=O)[C@@H](NC(=O)O[C@@H]1C[C@@H]2C[C@@H]2C1)C(C)(C)C)C(=O)OC. The normalized spacial score (nSPS) is 26.0. The predicted octanol–water partition coefficient (Wildman–Crippen LogP) is 6.60. The first-order valence-electron chi connectivity index (χ1n) is 20.9. The van der Waals surface area contributed by atoms with Crippen molar-refractivity contribution < 1.29 is 42.9 Å². The fourth-order valence-electron chi connectivity index (χ4n) is 8.68. The number of hydrogen-bond donors (Lipinski definition) is 3. The number of halogens is 1. The summed E-state index contributed by atoms with van der Waals surface area (Å²) in [4.78, 5) is 66.8. The maximum absolute atomic E-state index is 14.8. The smallest absolute Gasteiger partial charge is 0.408 e. The summed E-state index contributed by atoms with van der Waals surface area (Å²) < 4.78 is 28.8. The number of methoxy groups -OCH3 is 2. The number of carbonyl (C=O) groups excluding carboxylic acids is 4. The topological polar surface area (TPSA) is 180 Å². The molecule has 0 bridgehead atoms. The van der Waals surface area contributed by atoms with Crippen molar-refractivity contribution in [2.75, 3.05) is 39.3 Å². The molecule has 2 aromatic heterocycles. The summed E-state index contributed by atoms with van der Waals surface area (Å²) in [5, 5.41) is 12.6. The Bertz CT molecular complexity index is 2100. The lowest BCUT2D eigenvalue weighted by Gasteiger charge is -2.35. The van der Waals surface area contributed by atoms with Crippen molar-refractivity contribution in [2.24, 2.45) is 23.2 Å². The zero-order chi connectivity index (χ0) is 43.1. The number of aromatic nitrogens is 2. The highest BCUT2D eigenvalue weighted by Gasteiger charge is 2.62. The van der Waals surface area contributed by atoms with Crippen LogP contribution >= 0.6 is 22.9 Å². The van der Waals surface area contributed by atoms with E-state index in [1.165, 1.54) is 29.8 Å². The number of rotatable bonds is 16. The molecule has 3 saturated carbocycles. The third-order valence-corrected chi connectivity index (χ3v) is 13.2. The molecule has 60 heavy (non-hydrogen) atoms. The van der Waals surface area contributed by atoms with Gasteiger partial charge in [-0.15, -0.1) is 11.3 Å². The molecule has 3 amide bonds. The number of amides is 3. The summed E-state index contributed by atoms with van der Waals surface area (Å²) in [7, 11) is 2.88. The highest BCUT2D eigenvalue weighted by Crippen LogP contribution is 2.52. The zero-order valence-electron chi connectivity index (χ0n) is 35.6. The van der Waals surface area contributed by atoms with Crippen LogP contribution in [-0.2, 0) is 28.6 Å². The van der Waals surface area contributed by atoms with Crippen LogP contribution in [0.1, 0.15) is 80.1 Å². The number of thiazole rings is 1. The van der Waals surface area contributed by atoms with Gasteiger partial charge in [-0.3, -0.25) is 9.59 Å². The average Bonchev–Trinajstić information content (AvgIpc) is 3.86. The van der Waals surface area contributed by atoms with Crippen LogP contribution in [0.5, 0.6) is 11.5 Å². The molecule has 3 N–H and O–H groups in total. The molecule has 0 spiro atoms. The number of alkyl carbamates (subject to hydrolysis) is 1. The monoisotopic (exact) mass is 868 g/mol. The summed E-state index contributed by atoms with van der Waals surface area (Å²) >= 11 is 8.42. The Morgan fingerprint density at radius 2 is 1.75 bits per heavy atom. The van der Waals surface area contributed by atoms with Crippen molar-refractivity contribution in [2.45, 2.75) is 116 Å². The predicted molar refractivity (Wildman–Crippen MR) is 227 cm³/mol.